The first-order valence-electron chi connectivity index (χ1n) is 8.63. The number of aromatic nitrogens is 1. The Hall–Kier alpha value is -2.36. The van der Waals surface area contributed by atoms with Gasteiger partial charge in [0.2, 0.25) is 0 Å². The molecule has 24 heavy (non-hydrogen) atoms. The van der Waals surface area contributed by atoms with Crippen molar-refractivity contribution < 1.29 is 4.79 Å². The third-order valence-electron chi connectivity index (χ3n) is 4.23. The van der Waals surface area contributed by atoms with Crippen molar-refractivity contribution in [2.45, 2.75) is 53.1 Å². The number of aryl methyl sites for hydroxylation is 1. The zero-order valence-corrected chi connectivity index (χ0v) is 14.8. The van der Waals surface area contributed by atoms with Crippen LogP contribution in [-0.2, 0) is 19.5 Å². The van der Waals surface area contributed by atoms with E-state index < -0.39 is 0 Å². The number of unbranched alkanes of at least 4 members (excludes halogenated alkanes) is 1. The van der Waals surface area contributed by atoms with Crippen molar-refractivity contribution in [2.24, 2.45) is 0 Å². The molecule has 0 spiro atoms. The Morgan fingerprint density at radius 2 is 1.88 bits per heavy atom. The number of pyridine rings is 1. The fraction of sp³-hybridized carbons (Fsp3) is 0.400. The van der Waals surface area contributed by atoms with Gasteiger partial charge in [0.15, 0.2) is 0 Å². The zero-order valence-electron chi connectivity index (χ0n) is 14.8. The van der Waals surface area contributed by atoms with Crippen LogP contribution in [0.2, 0.25) is 0 Å². The van der Waals surface area contributed by atoms with Crippen LogP contribution < -0.4 is 10.9 Å². The van der Waals surface area contributed by atoms with Crippen molar-refractivity contribution in [1.29, 1.82) is 0 Å². The van der Waals surface area contributed by atoms with Crippen LogP contribution in [0.25, 0.3) is 0 Å². The Kier molecular flexibility index (Phi) is 6.36. The van der Waals surface area contributed by atoms with E-state index in [0.717, 1.165) is 36.1 Å². The Balaban J connectivity index is 2.27. The van der Waals surface area contributed by atoms with Gasteiger partial charge in [-0.15, -0.1) is 0 Å². The first-order valence-corrected chi connectivity index (χ1v) is 8.63. The molecule has 1 N–H and O–H groups in total. The van der Waals surface area contributed by atoms with E-state index in [1.54, 1.807) is 10.6 Å². The summed E-state index contributed by atoms with van der Waals surface area (Å²) in [5.74, 6) is -0.306. The van der Waals surface area contributed by atoms with Crippen molar-refractivity contribution in [3.8, 4) is 0 Å². The van der Waals surface area contributed by atoms with Gasteiger partial charge >= 0.3 is 0 Å². The van der Waals surface area contributed by atoms with Gasteiger partial charge in [0.25, 0.3) is 11.5 Å². The molecule has 0 unspecified atom stereocenters. The monoisotopic (exact) mass is 326 g/mol. The second kappa shape index (κ2) is 8.48. The van der Waals surface area contributed by atoms with Crippen molar-refractivity contribution in [2.75, 3.05) is 0 Å². The minimum atomic E-state index is -0.306. The van der Waals surface area contributed by atoms with Crippen molar-refractivity contribution in [3.05, 3.63) is 69.1 Å². The molecule has 1 amide bonds. The van der Waals surface area contributed by atoms with E-state index in [0.29, 0.717) is 13.1 Å². The molecule has 1 aromatic carbocycles. The summed E-state index contributed by atoms with van der Waals surface area (Å²) in [6, 6.07) is 11.4. The highest BCUT2D eigenvalue weighted by molar-refractivity contribution is 5.94. The summed E-state index contributed by atoms with van der Waals surface area (Å²) in [5, 5.41) is 2.85. The fourth-order valence-electron chi connectivity index (χ4n) is 2.90. The molecular weight excluding hydrogens is 300 g/mol. The Bertz CT molecular complexity index is 748. The number of carbonyl (C=O) groups is 1. The number of hydrogen-bond donors (Lipinski definition) is 1. The van der Waals surface area contributed by atoms with Crippen molar-refractivity contribution in [1.82, 2.24) is 9.88 Å². The molecule has 0 bridgehead atoms. The number of amides is 1. The molecule has 4 heteroatoms. The van der Waals surface area contributed by atoms with Gasteiger partial charge in [-0.3, -0.25) is 9.59 Å². The maximum Gasteiger partial charge on any atom is 0.263 e. The minimum Gasteiger partial charge on any atom is -0.348 e. The van der Waals surface area contributed by atoms with Crippen LogP contribution in [0, 0.1) is 6.92 Å². The lowest BCUT2D eigenvalue weighted by Crippen LogP contribution is -2.34. The second-order valence-electron chi connectivity index (χ2n) is 6.02. The van der Waals surface area contributed by atoms with E-state index >= 15 is 0 Å². The lowest BCUT2D eigenvalue weighted by Gasteiger charge is -2.16. The van der Waals surface area contributed by atoms with Gasteiger partial charge in [0.05, 0.1) is 0 Å². The number of nitrogens with one attached hydrogen (secondary N) is 1. The summed E-state index contributed by atoms with van der Waals surface area (Å²) in [6.45, 7) is 7.19. The SMILES string of the molecule is CCCCn1c(CC)c(C)cc(C(=O)NCc2ccccc2)c1=O. The maximum absolute atomic E-state index is 12.8. The predicted molar refractivity (Wildman–Crippen MR) is 97.3 cm³/mol. The van der Waals surface area contributed by atoms with Crippen molar-refractivity contribution >= 4 is 5.91 Å². The van der Waals surface area contributed by atoms with Crippen LogP contribution in [0.5, 0.6) is 0 Å². The second-order valence-corrected chi connectivity index (χ2v) is 6.02. The quantitative estimate of drug-likeness (QED) is 0.847. The summed E-state index contributed by atoms with van der Waals surface area (Å²) in [5.41, 5.74) is 3.08. The molecule has 2 rings (SSSR count). The summed E-state index contributed by atoms with van der Waals surface area (Å²) in [7, 11) is 0. The Labute approximate surface area is 143 Å². The summed E-state index contributed by atoms with van der Waals surface area (Å²) >= 11 is 0. The lowest BCUT2D eigenvalue weighted by atomic mass is 10.1. The average Bonchev–Trinajstić information content (AvgIpc) is 2.60. The highest BCUT2D eigenvalue weighted by Gasteiger charge is 2.16. The lowest BCUT2D eigenvalue weighted by molar-refractivity contribution is 0.0948. The van der Waals surface area contributed by atoms with E-state index in [4.69, 9.17) is 0 Å². The Morgan fingerprint density at radius 3 is 2.50 bits per heavy atom. The standard InChI is InChI=1S/C20H26N2O2/c1-4-6-12-22-18(5-2)15(3)13-17(20(22)24)19(23)21-14-16-10-8-7-9-11-16/h7-11,13H,4-6,12,14H2,1-3H3,(H,21,23). The van der Waals surface area contributed by atoms with E-state index in [-0.39, 0.29) is 17.0 Å². The summed E-state index contributed by atoms with van der Waals surface area (Å²) in [6.07, 6.45) is 2.73. The molecule has 1 aromatic heterocycles. The van der Waals surface area contributed by atoms with Gasteiger partial charge in [-0.1, -0.05) is 50.6 Å². The predicted octanol–water partition coefficient (Wildman–Crippen LogP) is 3.45. The number of carbonyl (C=O) groups excluding carboxylic acids is 1. The molecule has 0 saturated carbocycles. The van der Waals surface area contributed by atoms with Crippen LogP contribution in [0.4, 0.5) is 0 Å². The third kappa shape index (κ3) is 4.13. The topological polar surface area (TPSA) is 51.1 Å². The van der Waals surface area contributed by atoms with Gasteiger partial charge in [0.1, 0.15) is 5.56 Å². The molecule has 0 fully saturated rings. The van der Waals surface area contributed by atoms with Gasteiger partial charge < -0.3 is 9.88 Å². The first kappa shape index (κ1) is 18.0. The van der Waals surface area contributed by atoms with Gasteiger partial charge in [-0.05, 0) is 37.0 Å². The molecule has 2 aromatic rings. The molecule has 0 aliphatic carbocycles. The van der Waals surface area contributed by atoms with E-state index in [2.05, 4.69) is 12.2 Å². The third-order valence-corrected chi connectivity index (χ3v) is 4.23. The highest BCUT2D eigenvalue weighted by Crippen LogP contribution is 2.10. The maximum atomic E-state index is 12.8. The number of hydrogen-bond acceptors (Lipinski definition) is 2. The molecule has 1 heterocycles. The smallest absolute Gasteiger partial charge is 0.263 e. The van der Waals surface area contributed by atoms with Crippen LogP contribution in [-0.4, -0.2) is 10.5 Å². The molecular formula is C20H26N2O2. The number of nitrogens with zero attached hydrogens (tertiary/aromatic N) is 1. The van der Waals surface area contributed by atoms with Gasteiger partial charge in [-0.25, -0.2) is 0 Å². The summed E-state index contributed by atoms with van der Waals surface area (Å²) in [4.78, 5) is 25.3. The van der Waals surface area contributed by atoms with Gasteiger partial charge in [-0.2, -0.15) is 0 Å². The molecule has 4 nitrogen and oxygen atoms in total. The minimum absolute atomic E-state index is 0.184. The summed E-state index contributed by atoms with van der Waals surface area (Å²) < 4.78 is 1.77. The van der Waals surface area contributed by atoms with Crippen LogP contribution in [0.1, 0.15) is 53.9 Å². The molecule has 0 aliphatic heterocycles. The molecule has 0 atom stereocenters. The Morgan fingerprint density at radius 1 is 1.17 bits per heavy atom. The van der Waals surface area contributed by atoms with Crippen LogP contribution >= 0.6 is 0 Å². The van der Waals surface area contributed by atoms with E-state index in [1.807, 2.05) is 44.2 Å². The highest BCUT2D eigenvalue weighted by atomic mass is 16.2. The molecule has 0 aliphatic rings. The molecule has 0 radical (unpaired) electrons. The van der Waals surface area contributed by atoms with Crippen LogP contribution in [0.15, 0.2) is 41.2 Å². The van der Waals surface area contributed by atoms with E-state index in [1.165, 1.54) is 0 Å². The average molecular weight is 326 g/mol. The number of rotatable bonds is 7. The van der Waals surface area contributed by atoms with Gasteiger partial charge in [0, 0.05) is 18.8 Å². The van der Waals surface area contributed by atoms with Crippen LogP contribution in [0.3, 0.4) is 0 Å². The molecule has 0 saturated heterocycles. The number of benzene rings is 1. The molecule has 128 valence electrons. The van der Waals surface area contributed by atoms with E-state index in [9.17, 15) is 9.59 Å². The first-order chi connectivity index (χ1) is 11.6. The van der Waals surface area contributed by atoms with Crippen molar-refractivity contribution in [3.63, 3.8) is 0 Å². The largest absolute Gasteiger partial charge is 0.348 e. The fourth-order valence-corrected chi connectivity index (χ4v) is 2.90. The normalized spacial score (nSPS) is 10.6. The zero-order chi connectivity index (χ0) is 17.5.